The van der Waals surface area contributed by atoms with Gasteiger partial charge in [0.05, 0.1) is 22.4 Å². The molecule has 1 aromatic carbocycles. The Hall–Kier alpha value is -2.52. The van der Waals surface area contributed by atoms with Crippen LogP contribution in [-0.4, -0.2) is 74.1 Å². The quantitative estimate of drug-likeness (QED) is 0.615. The lowest BCUT2D eigenvalue weighted by Gasteiger charge is -2.24. The molecule has 8 nitrogen and oxygen atoms in total. The number of amides is 1. The molecule has 2 heterocycles. The summed E-state index contributed by atoms with van der Waals surface area (Å²) in [5.74, 6) is 1.50. The molecule has 0 saturated carbocycles. The molecule has 168 valence electrons. The van der Waals surface area contributed by atoms with Gasteiger partial charge in [0.25, 0.3) is 0 Å². The van der Waals surface area contributed by atoms with E-state index in [2.05, 4.69) is 4.98 Å². The van der Waals surface area contributed by atoms with Crippen molar-refractivity contribution in [2.45, 2.75) is 37.2 Å². The molecule has 0 aliphatic carbocycles. The van der Waals surface area contributed by atoms with Gasteiger partial charge in [0.2, 0.25) is 5.91 Å². The highest BCUT2D eigenvalue weighted by molar-refractivity contribution is 7.91. The fourth-order valence-electron chi connectivity index (χ4n) is 3.75. The lowest BCUT2D eigenvalue weighted by Crippen LogP contribution is -2.30. The molecule has 0 spiro atoms. The summed E-state index contributed by atoms with van der Waals surface area (Å²) in [7, 11) is 2.39. The number of carbonyl (C=O) groups is 1. The Kier molecular flexibility index (Phi) is 7.27. The SMILES string of the molecule is CC(=O)N1CCC[C@@H]1c1nc(CN(C)CCS(=O)(=O)c2ccccc2)cc(N(C)C)n1. The van der Waals surface area contributed by atoms with E-state index in [0.29, 0.717) is 23.8 Å². The molecule has 1 amide bonds. The van der Waals surface area contributed by atoms with Crippen LogP contribution in [0, 0.1) is 0 Å². The van der Waals surface area contributed by atoms with Crippen LogP contribution in [-0.2, 0) is 21.2 Å². The van der Waals surface area contributed by atoms with Crippen LogP contribution in [0.25, 0.3) is 0 Å². The van der Waals surface area contributed by atoms with E-state index in [1.54, 1.807) is 37.3 Å². The summed E-state index contributed by atoms with van der Waals surface area (Å²) in [5, 5.41) is 0. The highest BCUT2D eigenvalue weighted by Crippen LogP contribution is 2.31. The monoisotopic (exact) mass is 445 g/mol. The first-order valence-electron chi connectivity index (χ1n) is 10.5. The summed E-state index contributed by atoms with van der Waals surface area (Å²) in [4.78, 5) is 27.5. The molecule has 0 radical (unpaired) electrons. The summed E-state index contributed by atoms with van der Waals surface area (Å²) in [5.41, 5.74) is 0.809. The lowest BCUT2D eigenvalue weighted by molar-refractivity contribution is -0.129. The first kappa shape index (κ1) is 23.1. The van der Waals surface area contributed by atoms with E-state index in [4.69, 9.17) is 4.98 Å². The molecule has 0 unspecified atom stereocenters. The van der Waals surface area contributed by atoms with Gasteiger partial charge >= 0.3 is 0 Å². The normalized spacial score (nSPS) is 16.7. The summed E-state index contributed by atoms with van der Waals surface area (Å²) in [6.07, 6.45) is 1.79. The average Bonchev–Trinajstić information content (AvgIpc) is 3.23. The second-order valence-corrected chi connectivity index (χ2v) is 10.3. The first-order valence-corrected chi connectivity index (χ1v) is 12.1. The third-order valence-electron chi connectivity index (χ3n) is 5.47. The maximum atomic E-state index is 12.6. The predicted molar refractivity (Wildman–Crippen MR) is 121 cm³/mol. The predicted octanol–water partition coefficient (Wildman–Crippen LogP) is 2.13. The van der Waals surface area contributed by atoms with Crippen LogP contribution in [0.4, 0.5) is 5.82 Å². The van der Waals surface area contributed by atoms with Crippen LogP contribution >= 0.6 is 0 Å². The van der Waals surface area contributed by atoms with Gasteiger partial charge in [-0.05, 0) is 32.0 Å². The minimum absolute atomic E-state index is 0.0335. The number of sulfone groups is 1. The molecule has 1 aromatic heterocycles. The zero-order chi connectivity index (χ0) is 22.6. The maximum absolute atomic E-state index is 12.6. The Morgan fingerprint density at radius 2 is 1.87 bits per heavy atom. The van der Waals surface area contributed by atoms with Crippen molar-refractivity contribution in [2.75, 3.05) is 44.9 Å². The molecule has 31 heavy (non-hydrogen) atoms. The van der Waals surface area contributed by atoms with Crippen LogP contribution in [0.5, 0.6) is 0 Å². The highest BCUT2D eigenvalue weighted by Gasteiger charge is 2.30. The average molecular weight is 446 g/mol. The van der Waals surface area contributed by atoms with Crippen LogP contribution in [0.15, 0.2) is 41.3 Å². The second kappa shape index (κ2) is 9.74. The van der Waals surface area contributed by atoms with Crippen molar-refractivity contribution in [3.05, 3.63) is 47.9 Å². The Labute approximate surface area is 184 Å². The number of likely N-dealkylation sites (tertiary alicyclic amines) is 1. The van der Waals surface area contributed by atoms with Gasteiger partial charge < -0.3 is 9.80 Å². The number of carbonyl (C=O) groups excluding carboxylic acids is 1. The number of rotatable bonds is 8. The number of aromatic nitrogens is 2. The molecule has 1 aliphatic rings. The Morgan fingerprint density at radius 1 is 1.16 bits per heavy atom. The smallest absolute Gasteiger partial charge is 0.220 e. The fourth-order valence-corrected chi connectivity index (χ4v) is 5.11. The summed E-state index contributed by atoms with van der Waals surface area (Å²) < 4.78 is 25.1. The van der Waals surface area contributed by atoms with Crippen molar-refractivity contribution in [1.29, 1.82) is 0 Å². The fraction of sp³-hybridized carbons (Fsp3) is 0.500. The summed E-state index contributed by atoms with van der Waals surface area (Å²) in [6.45, 7) is 3.18. The number of nitrogens with zero attached hydrogens (tertiary/aromatic N) is 5. The maximum Gasteiger partial charge on any atom is 0.220 e. The van der Waals surface area contributed by atoms with Crippen molar-refractivity contribution < 1.29 is 13.2 Å². The zero-order valence-corrected chi connectivity index (χ0v) is 19.5. The minimum Gasteiger partial charge on any atom is -0.363 e. The molecule has 1 fully saturated rings. The molecule has 0 bridgehead atoms. The van der Waals surface area contributed by atoms with Crippen LogP contribution in [0.2, 0.25) is 0 Å². The first-order chi connectivity index (χ1) is 14.7. The lowest BCUT2D eigenvalue weighted by atomic mass is 10.2. The second-order valence-electron chi connectivity index (χ2n) is 8.21. The van der Waals surface area contributed by atoms with E-state index in [1.807, 2.05) is 41.9 Å². The number of benzene rings is 1. The minimum atomic E-state index is -3.33. The van der Waals surface area contributed by atoms with Crippen molar-refractivity contribution in [2.24, 2.45) is 0 Å². The third kappa shape index (κ3) is 5.80. The zero-order valence-electron chi connectivity index (χ0n) is 18.7. The van der Waals surface area contributed by atoms with Crippen LogP contribution in [0.3, 0.4) is 0 Å². The Bertz CT molecular complexity index is 1010. The van der Waals surface area contributed by atoms with Crippen molar-refractivity contribution >= 4 is 21.6 Å². The van der Waals surface area contributed by atoms with E-state index < -0.39 is 9.84 Å². The van der Waals surface area contributed by atoms with Gasteiger partial charge in [0.1, 0.15) is 5.82 Å². The van der Waals surface area contributed by atoms with E-state index in [9.17, 15) is 13.2 Å². The largest absolute Gasteiger partial charge is 0.363 e. The van der Waals surface area contributed by atoms with Gasteiger partial charge in [-0.25, -0.2) is 18.4 Å². The molecule has 1 aliphatic heterocycles. The van der Waals surface area contributed by atoms with Crippen molar-refractivity contribution in [3.63, 3.8) is 0 Å². The molecule has 1 saturated heterocycles. The number of hydrogen-bond donors (Lipinski definition) is 0. The van der Waals surface area contributed by atoms with Crippen molar-refractivity contribution in [1.82, 2.24) is 19.8 Å². The van der Waals surface area contributed by atoms with Crippen molar-refractivity contribution in [3.8, 4) is 0 Å². The molecular weight excluding hydrogens is 414 g/mol. The molecule has 0 N–H and O–H groups in total. The van der Waals surface area contributed by atoms with Crippen LogP contribution < -0.4 is 4.90 Å². The van der Waals surface area contributed by atoms with Gasteiger partial charge in [-0.1, -0.05) is 18.2 Å². The van der Waals surface area contributed by atoms with Gasteiger partial charge in [0.15, 0.2) is 15.7 Å². The van der Waals surface area contributed by atoms with Gasteiger partial charge in [0, 0.05) is 46.7 Å². The van der Waals surface area contributed by atoms with Gasteiger partial charge in [-0.15, -0.1) is 0 Å². The molecule has 9 heteroatoms. The summed E-state index contributed by atoms with van der Waals surface area (Å²) >= 11 is 0. The van der Waals surface area contributed by atoms with Crippen LogP contribution in [0.1, 0.15) is 37.3 Å². The number of anilines is 1. The molecule has 1 atom stereocenters. The topological polar surface area (TPSA) is 86.7 Å². The van der Waals surface area contributed by atoms with Gasteiger partial charge in [-0.2, -0.15) is 0 Å². The Morgan fingerprint density at radius 3 is 2.52 bits per heavy atom. The van der Waals surface area contributed by atoms with E-state index in [0.717, 1.165) is 30.9 Å². The Balaban J connectivity index is 1.74. The molecule has 3 rings (SSSR count). The molecule has 2 aromatic rings. The number of hydrogen-bond acceptors (Lipinski definition) is 7. The van der Waals surface area contributed by atoms with Gasteiger partial charge in [-0.3, -0.25) is 9.69 Å². The standard InChI is InChI=1S/C22H31N5O3S/c1-17(28)27-12-8-11-20(27)22-23-18(15-21(24-22)25(2)3)16-26(4)13-14-31(29,30)19-9-6-5-7-10-19/h5-7,9-10,15,20H,8,11-14,16H2,1-4H3/t20-/m1/s1. The van der Waals surface area contributed by atoms with E-state index in [1.165, 1.54) is 0 Å². The summed E-state index contributed by atoms with van der Waals surface area (Å²) in [6, 6.07) is 10.3. The molecular formula is C22H31N5O3S. The third-order valence-corrected chi connectivity index (χ3v) is 7.18. The van der Waals surface area contributed by atoms with E-state index in [-0.39, 0.29) is 17.7 Å². The highest BCUT2D eigenvalue weighted by atomic mass is 32.2. The van der Waals surface area contributed by atoms with E-state index >= 15 is 0 Å².